The third-order valence-corrected chi connectivity index (χ3v) is 4.12. The number of nitrogens with one attached hydrogen (secondary N) is 1. The van der Waals surface area contributed by atoms with Crippen molar-refractivity contribution in [3.05, 3.63) is 95.8 Å². The van der Waals surface area contributed by atoms with Crippen molar-refractivity contribution in [2.75, 3.05) is 0 Å². The van der Waals surface area contributed by atoms with Crippen LogP contribution in [0.4, 0.5) is 8.78 Å². The molecule has 0 saturated carbocycles. The van der Waals surface area contributed by atoms with Gasteiger partial charge in [-0.05, 0) is 60.9 Å². The van der Waals surface area contributed by atoms with Gasteiger partial charge in [-0.2, -0.15) is 0 Å². The summed E-state index contributed by atoms with van der Waals surface area (Å²) in [7, 11) is 0. The minimum Gasteiger partial charge on any atom is -0.453 e. The van der Waals surface area contributed by atoms with Gasteiger partial charge in [-0.1, -0.05) is 24.3 Å². The zero-order valence-electron chi connectivity index (χ0n) is 15.8. The van der Waals surface area contributed by atoms with Gasteiger partial charge in [0.25, 0.3) is 0 Å². The second kappa shape index (κ2) is 9.59. The van der Waals surface area contributed by atoms with Gasteiger partial charge in [-0.3, -0.25) is 9.78 Å². The third kappa shape index (κ3) is 5.97. The lowest BCUT2D eigenvalue weighted by atomic mass is 10.1. The number of aromatic nitrogens is 1. The normalized spacial score (nSPS) is 12.0. The zero-order chi connectivity index (χ0) is 20.6. The molecule has 0 bridgehead atoms. The van der Waals surface area contributed by atoms with E-state index in [0.717, 1.165) is 0 Å². The topological polar surface area (TPSA) is 51.2 Å². The van der Waals surface area contributed by atoms with Gasteiger partial charge >= 0.3 is 0 Å². The predicted octanol–water partition coefficient (Wildman–Crippen LogP) is 4.91. The third-order valence-electron chi connectivity index (χ3n) is 4.12. The summed E-state index contributed by atoms with van der Waals surface area (Å²) >= 11 is 0. The minimum atomic E-state index is -0.552. The first-order valence-electron chi connectivity index (χ1n) is 9.10. The molecule has 0 spiro atoms. The fourth-order valence-corrected chi connectivity index (χ4v) is 2.75. The maximum atomic E-state index is 14.2. The minimum absolute atomic E-state index is 0.0677. The second-order valence-corrected chi connectivity index (χ2v) is 6.52. The molecule has 29 heavy (non-hydrogen) atoms. The largest absolute Gasteiger partial charge is 0.453 e. The van der Waals surface area contributed by atoms with Crippen LogP contribution in [-0.4, -0.2) is 16.9 Å². The smallest absolute Gasteiger partial charge is 0.244 e. The van der Waals surface area contributed by atoms with E-state index in [2.05, 4.69) is 10.3 Å². The molecule has 1 unspecified atom stereocenters. The number of ether oxygens (including phenoxy) is 1. The molecular formula is C23H20F2N2O2. The highest BCUT2D eigenvalue weighted by atomic mass is 19.1. The Balaban J connectivity index is 1.57. The summed E-state index contributed by atoms with van der Waals surface area (Å²) in [6, 6.07) is 14.0. The van der Waals surface area contributed by atoms with Gasteiger partial charge in [0.15, 0.2) is 11.6 Å². The average Bonchev–Trinajstić information content (AvgIpc) is 2.71. The summed E-state index contributed by atoms with van der Waals surface area (Å²) in [4.78, 5) is 16.0. The fraction of sp³-hybridized carbons (Fsp3) is 0.130. The van der Waals surface area contributed by atoms with E-state index >= 15 is 0 Å². The van der Waals surface area contributed by atoms with Crippen LogP contribution in [0.1, 0.15) is 18.1 Å². The lowest BCUT2D eigenvalue weighted by Gasteiger charge is -2.13. The molecule has 1 heterocycles. The lowest BCUT2D eigenvalue weighted by Crippen LogP contribution is -2.32. The summed E-state index contributed by atoms with van der Waals surface area (Å²) in [5.41, 5.74) is 1.05. The van der Waals surface area contributed by atoms with E-state index in [0.29, 0.717) is 23.3 Å². The van der Waals surface area contributed by atoms with E-state index in [1.54, 1.807) is 49.5 Å². The molecule has 3 aromatic rings. The first kappa shape index (κ1) is 20.2. The molecule has 1 amide bonds. The van der Waals surface area contributed by atoms with Crippen LogP contribution in [0.15, 0.2) is 73.1 Å². The standard InChI is InChI=1S/C23H20F2N2O2/c1-16(13-18-5-2-3-7-20(18)24)27-23(28)11-9-17-8-10-22(21(25)14-17)29-19-6-4-12-26-15-19/h2-12,14-16H,13H2,1H3,(H,27,28)/b11-9+. The first-order chi connectivity index (χ1) is 14.0. The van der Waals surface area contributed by atoms with Crippen LogP contribution in [0.2, 0.25) is 0 Å². The number of carbonyl (C=O) groups is 1. The predicted molar refractivity (Wildman–Crippen MR) is 107 cm³/mol. The van der Waals surface area contributed by atoms with Crippen molar-refractivity contribution in [2.45, 2.75) is 19.4 Å². The summed E-state index contributed by atoms with van der Waals surface area (Å²) < 4.78 is 33.4. The van der Waals surface area contributed by atoms with Crippen LogP contribution in [0.5, 0.6) is 11.5 Å². The molecule has 0 aliphatic rings. The van der Waals surface area contributed by atoms with Crippen LogP contribution in [0, 0.1) is 11.6 Å². The Kier molecular flexibility index (Phi) is 6.68. The molecule has 4 nitrogen and oxygen atoms in total. The van der Waals surface area contributed by atoms with Gasteiger partial charge in [0.2, 0.25) is 5.91 Å². The molecule has 0 fully saturated rings. The van der Waals surface area contributed by atoms with Gasteiger partial charge < -0.3 is 10.1 Å². The van der Waals surface area contributed by atoms with Crippen LogP contribution < -0.4 is 10.1 Å². The molecule has 0 aliphatic carbocycles. The Bertz CT molecular complexity index is 1010. The number of amides is 1. The number of hydrogen-bond donors (Lipinski definition) is 1. The van der Waals surface area contributed by atoms with Crippen molar-refractivity contribution >= 4 is 12.0 Å². The van der Waals surface area contributed by atoms with Gasteiger partial charge in [0.05, 0.1) is 6.20 Å². The van der Waals surface area contributed by atoms with Crippen LogP contribution in [0.25, 0.3) is 6.08 Å². The summed E-state index contributed by atoms with van der Waals surface area (Å²) in [5, 5.41) is 2.77. The number of benzene rings is 2. The Morgan fingerprint density at radius 3 is 2.69 bits per heavy atom. The molecule has 6 heteroatoms. The number of pyridine rings is 1. The maximum absolute atomic E-state index is 14.2. The van der Waals surface area contributed by atoms with E-state index in [-0.39, 0.29) is 23.5 Å². The van der Waals surface area contributed by atoms with E-state index in [9.17, 15) is 13.6 Å². The summed E-state index contributed by atoms with van der Waals surface area (Å²) in [5.74, 6) is -0.696. The molecule has 0 aliphatic heterocycles. The van der Waals surface area contributed by atoms with Gasteiger partial charge in [0, 0.05) is 18.3 Å². The quantitative estimate of drug-likeness (QED) is 0.579. The number of carbonyl (C=O) groups excluding carboxylic acids is 1. The average molecular weight is 394 g/mol. The molecule has 0 saturated heterocycles. The molecule has 1 aromatic heterocycles. The molecule has 0 radical (unpaired) electrons. The monoisotopic (exact) mass is 394 g/mol. The van der Waals surface area contributed by atoms with Crippen LogP contribution in [0.3, 0.4) is 0 Å². The van der Waals surface area contributed by atoms with Crippen molar-refractivity contribution in [1.29, 1.82) is 0 Å². The van der Waals surface area contributed by atoms with Crippen molar-refractivity contribution in [3.63, 3.8) is 0 Å². The number of rotatable bonds is 7. The molecule has 1 N–H and O–H groups in total. The molecule has 2 aromatic carbocycles. The molecule has 1 atom stereocenters. The highest BCUT2D eigenvalue weighted by Crippen LogP contribution is 2.24. The van der Waals surface area contributed by atoms with Crippen molar-refractivity contribution < 1.29 is 18.3 Å². The van der Waals surface area contributed by atoms with Crippen LogP contribution >= 0.6 is 0 Å². The lowest BCUT2D eigenvalue weighted by molar-refractivity contribution is -0.117. The second-order valence-electron chi connectivity index (χ2n) is 6.52. The molecule has 3 rings (SSSR count). The first-order valence-corrected chi connectivity index (χ1v) is 9.10. The molecule has 148 valence electrons. The Morgan fingerprint density at radius 1 is 1.14 bits per heavy atom. The van der Waals surface area contributed by atoms with E-state index in [1.165, 1.54) is 36.5 Å². The highest BCUT2D eigenvalue weighted by molar-refractivity contribution is 5.91. The van der Waals surface area contributed by atoms with Gasteiger partial charge in [0.1, 0.15) is 11.6 Å². The Hall–Kier alpha value is -3.54. The van der Waals surface area contributed by atoms with E-state index in [1.807, 2.05) is 0 Å². The SMILES string of the molecule is CC(Cc1ccccc1F)NC(=O)/C=C/c1ccc(Oc2cccnc2)c(F)c1. The number of halogens is 2. The van der Waals surface area contributed by atoms with E-state index < -0.39 is 5.82 Å². The van der Waals surface area contributed by atoms with Crippen molar-refractivity contribution in [3.8, 4) is 11.5 Å². The van der Waals surface area contributed by atoms with Crippen LogP contribution in [-0.2, 0) is 11.2 Å². The van der Waals surface area contributed by atoms with Crippen molar-refractivity contribution in [2.24, 2.45) is 0 Å². The number of nitrogens with zero attached hydrogens (tertiary/aromatic N) is 1. The zero-order valence-corrected chi connectivity index (χ0v) is 15.8. The fourth-order valence-electron chi connectivity index (χ4n) is 2.75. The highest BCUT2D eigenvalue weighted by Gasteiger charge is 2.09. The summed E-state index contributed by atoms with van der Waals surface area (Å²) in [6.45, 7) is 1.79. The van der Waals surface area contributed by atoms with Gasteiger partial charge in [-0.15, -0.1) is 0 Å². The summed E-state index contributed by atoms with van der Waals surface area (Å²) in [6.07, 6.45) is 6.27. The molecular weight excluding hydrogens is 374 g/mol. The number of hydrogen-bond acceptors (Lipinski definition) is 3. The van der Waals surface area contributed by atoms with E-state index in [4.69, 9.17) is 4.74 Å². The Morgan fingerprint density at radius 2 is 1.97 bits per heavy atom. The van der Waals surface area contributed by atoms with Crippen molar-refractivity contribution in [1.82, 2.24) is 10.3 Å². The maximum Gasteiger partial charge on any atom is 0.244 e. The Labute approximate surface area is 167 Å². The van der Waals surface area contributed by atoms with Gasteiger partial charge in [-0.25, -0.2) is 8.78 Å².